The highest BCUT2D eigenvalue weighted by molar-refractivity contribution is 9.10. The lowest BCUT2D eigenvalue weighted by atomic mass is 10.1. The van der Waals surface area contributed by atoms with E-state index >= 15 is 0 Å². The summed E-state index contributed by atoms with van der Waals surface area (Å²) in [7, 11) is 0. The van der Waals surface area contributed by atoms with Crippen molar-refractivity contribution < 1.29 is 4.39 Å². The van der Waals surface area contributed by atoms with Crippen molar-refractivity contribution in [2.75, 3.05) is 5.32 Å². The van der Waals surface area contributed by atoms with E-state index in [-0.39, 0.29) is 11.9 Å². The number of nitrogens with one attached hydrogen (secondary N) is 1. The first-order chi connectivity index (χ1) is 8.54. The summed E-state index contributed by atoms with van der Waals surface area (Å²) in [5, 5.41) is 3.41. The second kappa shape index (κ2) is 5.53. The van der Waals surface area contributed by atoms with Crippen LogP contribution in [-0.4, -0.2) is 0 Å². The average Bonchev–Trinajstić information content (AvgIpc) is 2.28. The summed E-state index contributed by atoms with van der Waals surface area (Å²) in [6, 6.07) is 12.9. The Kier molecular flexibility index (Phi) is 4.02. The summed E-state index contributed by atoms with van der Waals surface area (Å²) in [6.07, 6.45) is 0. The molecule has 1 N–H and O–H groups in total. The summed E-state index contributed by atoms with van der Waals surface area (Å²) >= 11 is 3.48. The molecule has 94 valence electrons. The first kappa shape index (κ1) is 13.1. The van der Waals surface area contributed by atoms with Crippen LogP contribution < -0.4 is 5.32 Å². The van der Waals surface area contributed by atoms with Crippen LogP contribution in [0.15, 0.2) is 46.9 Å². The van der Waals surface area contributed by atoms with Gasteiger partial charge in [0.1, 0.15) is 5.82 Å². The number of hydrogen-bond acceptors (Lipinski definition) is 1. The molecule has 0 saturated heterocycles. The molecular formula is C15H15BrFN. The molecule has 0 aliphatic carbocycles. The fourth-order valence-electron chi connectivity index (χ4n) is 1.90. The molecule has 2 aromatic rings. The van der Waals surface area contributed by atoms with Gasteiger partial charge in [-0.2, -0.15) is 0 Å². The molecule has 3 heteroatoms. The summed E-state index contributed by atoms with van der Waals surface area (Å²) < 4.78 is 13.9. The topological polar surface area (TPSA) is 12.0 Å². The van der Waals surface area contributed by atoms with Crippen molar-refractivity contribution in [2.45, 2.75) is 19.9 Å². The third-order valence-corrected chi connectivity index (χ3v) is 3.25. The molecule has 0 heterocycles. The average molecular weight is 308 g/mol. The van der Waals surface area contributed by atoms with Crippen LogP contribution in [-0.2, 0) is 0 Å². The highest BCUT2D eigenvalue weighted by Gasteiger charge is 2.06. The van der Waals surface area contributed by atoms with Gasteiger partial charge in [-0.3, -0.25) is 0 Å². The third kappa shape index (κ3) is 3.33. The summed E-state index contributed by atoms with van der Waals surface area (Å²) in [5.41, 5.74) is 3.31. The van der Waals surface area contributed by atoms with Crippen molar-refractivity contribution in [1.29, 1.82) is 0 Å². The van der Waals surface area contributed by atoms with Crippen LogP contribution in [0.5, 0.6) is 0 Å². The number of rotatable bonds is 3. The second-order valence-electron chi connectivity index (χ2n) is 4.43. The van der Waals surface area contributed by atoms with E-state index in [0.717, 1.165) is 15.7 Å². The Morgan fingerprint density at radius 1 is 1.11 bits per heavy atom. The van der Waals surface area contributed by atoms with Crippen molar-refractivity contribution in [3.63, 3.8) is 0 Å². The van der Waals surface area contributed by atoms with Gasteiger partial charge in [-0.05, 0) is 55.3 Å². The van der Waals surface area contributed by atoms with E-state index in [1.165, 1.54) is 17.7 Å². The van der Waals surface area contributed by atoms with Gasteiger partial charge in [-0.25, -0.2) is 4.39 Å². The lowest BCUT2D eigenvalue weighted by Crippen LogP contribution is -2.06. The molecule has 1 atom stereocenters. The van der Waals surface area contributed by atoms with Crippen molar-refractivity contribution in [3.05, 3.63) is 63.9 Å². The number of hydrogen-bond donors (Lipinski definition) is 1. The minimum Gasteiger partial charge on any atom is -0.378 e. The minimum atomic E-state index is -0.204. The van der Waals surface area contributed by atoms with Crippen molar-refractivity contribution in [2.24, 2.45) is 0 Å². The second-order valence-corrected chi connectivity index (χ2v) is 5.35. The van der Waals surface area contributed by atoms with Crippen LogP contribution in [0.25, 0.3) is 0 Å². The molecule has 0 spiro atoms. The molecule has 2 rings (SSSR count). The van der Waals surface area contributed by atoms with Crippen molar-refractivity contribution in [1.82, 2.24) is 0 Å². The molecule has 0 saturated carbocycles. The van der Waals surface area contributed by atoms with Crippen LogP contribution in [0.3, 0.4) is 0 Å². The normalized spacial score (nSPS) is 12.2. The van der Waals surface area contributed by atoms with Gasteiger partial charge >= 0.3 is 0 Å². The molecule has 2 aromatic carbocycles. The van der Waals surface area contributed by atoms with Crippen LogP contribution in [0.1, 0.15) is 24.1 Å². The first-order valence-corrected chi connectivity index (χ1v) is 6.63. The third-order valence-electron chi connectivity index (χ3n) is 2.80. The number of benzene rings is 2. The smallest absolute Gasteiger partial charge is 0.123 e. The number of halogens is 2. The van der Waals surface area contributed by atoms with Gasteiger partial charge in [-0.1, -0.05) is 28.1 Å². The van der Waals surface area contributed by atoms with Crippen LogP contribution in [0, 0.1) is 12.7 Å². The predicted molar refractivity (Wildman–Crippen MR) is 77.3 cm³/mol. The fraction of sp³-hybridized carbons (Fsp3) is 0.200. The predicted octanol–water partition coefficient (Wildman–Crippen LogP) is 5.07. The highest BCUT2D eigenvalue weighted by Crippen LogP contribution is 2.23. The summed E-state index contributed by atoms with van der Waals surface area (Å²) in [5.74, 6) is -0.204. The van der Waals surface area contributed by atoms with E-state index in [1.807, 2.05) is 6.07 Å². The van der Waals surface area contributed by atoms with E-state index in [2.05, 4.69) is 47.2 Å². The maximum Gasteiger partial charge on any atom is 0.123 e. The van der Waals surface area contributed by atoms with Gasteiger partial charge in [0.15, 0.2) is 0 Å². The molecule has 0 aliphatic heterocycles. The van der Waals surface area contributed by atoms with Gasteiger partial charge < -0.3 is 5.32 Å². The molecule has 0 bridgehead atoms. The molecule has 0 radical (unpaired) electrons. The Bertz CT molecular complexity index is 516. The Morgan fingerprint density at radius 2 is 1.78 bits per heavy atom. The van der Waals surface area contributed by atoms with Gasteiger partial charge in [0.25, 0.3) is 0 Å². The number of anilines is 1. The van der Waals surface area contributed by atoms with Gasteiger partial charge in [0.2, 0.25) is 0 Å². The van der Waals surface area contributed by atoms with Gasteiger partial charge in [-0.15, -0.1) is 0 Å². The van der Waals surface area contributed by atoms with E-state index in [0.29, 0.717) is 0 Å². The van der Waals surface area contributed by atoms with Gasteiger partial charge in [0, 0.05) is 16.2 Å². The van der Waals surface area contributed by atoms with Crippen LogP contribution in [0.2, 0.25) is 0 Å². The van der Waals surface area contributed by atoms with E-state index in [4.69, 9.17) is 0 Å². The summed E-state index contributed by atoms with van der Waals surface area (Å²) in [6.45, 7) is 4.11. The zero-order valence-corrected chi connectivity index (χ0v) is 12.0. The molecule has 1 unspecified atom stereocenters. The van der Waals surface area contributed by atoms with Crippen molar-refractivity contribution >= 4 is 21.6 Å². The molecular weight excluding hydrogens is 293 g/mol. The highest BCUT2D eigenvalue weighted by atomic mass is 79.9. The van der Waals surface area contributed by atoms with Gasteiger partial charge in [0.05, 0.1) is 0 Å². The number of aryl methyl sites for hydroxylation is 1. The lowest BCUT2D eigenvalue weighted by molar-refractivity contribution is 0.626. The molecule has 0 aliphatic rings. The summed E-state index contributed by atoms with van der Waals surface area (Å²) in [4.78, 5) is 0. The Labute approximate surface area is 115 Å². The fourth-order valence-corrected chi connectivity index (χ4v) is 2.51. The largest absolute Gasteiger partial charge is 0.378 e. The maximum absolute atomic E-state index is 12.9. The van der Waals surface area contributed by atoms with E-state index < -0.39 is 0 Å². The lowest BCUT2D eigenvalue weighted by Gasteiger charge is -2.16. The molecule has 0 amide bonds. The van der Waals surface area contributed by atoms with Crippen LogP contribution in [0.4, 0.5) is 10.1 Å². The van der Waals surface area contributed by atoms with E-state index in [9.17, 15) is 4.39 Å². The maximum atomic E-state index is 12.9. The monoisotopic (exact) mass is 307 g/mol. The SMILES string of the molecule is Cc1cc(Br)cc(NC(C)c2ccc(F)cc2)c1. The first-order valence-electron chi connectivity index (χ1n) is 5.84. The molecule has 0 fully saturated rings. The molecule has 18 heavy (non-hydrogen) atoms. The molecule has 0 aromatic heterocycles. The van der Waals surface area contributed by atoms with E-state index in [1.54, 1.807) is 12.1 Å². The molecule has 1 nitrogen and oxygen atoms in total. The Hall–Kier alpha value is -1.35. The zero-order valence-electron chi connectivity index (χ0n) is 10.4. The zero-order chi connectivity index (χ0) is 13.1. The van der Waals surface area contributed by atoms with Crippen LogP contribution >= 0.6 is 15.9 Å². The minimum absolute atomic E-state index is 0.138. The Morgan fingerprint density at radius 3 is 2.39 bits per heavy atom. The van der Waals surface area contributed by atoms with Crippen molar-refractivity contribution in [3.8, 4) is 0 Å². The quantitative estimate of drug-likeness (QED) is 0.834. The standard InChI is InChI=1S/C15H15BrFN/c1-10-7-13(16)9-15(8-10)18-11(2)12-3-5-14(17)6-4-12/h3-9,11,18H,1-2H3. The Balaban J connectivity index is 2.15.